The molecular weight excluding hydrogens is 264 g/mol. The molecule has 1 aliphatic rings. The molecule has 1 fully saturated rings. The van der Waals surface area contributed by atoms with E-state index in [0.29, 0.717) is 0 Å². The minimum Gasteiger partial charge on any atom is -0.299 e. The van der Waals surface area contributed by atoms with E-state index in [9.17, 15) is 10.1 Å². The zero-order valence-electron chi connectivity index (χ0n) is 11.1. The van der Waals surface area contributed by atoms with Crippen molar-refractivity contribution in [2.24, 2.45) is 5.92 Å². The van der Waals surface area contributed by atoms with Crippen molar-refractivity contribution < 1.29 is 4.92 Å². The normalized spacial score (nSPS) is 19.8. The molecular formula is C14H19ClN2O2. The smallest absolute Gasteiger partial charge is 0.288 e. The third-order valence-corrected chi connectivity index (χ3v) is 4.00. The van der Waals surface area contributed by atoms with Crippen LogP contribution < -0.4 is 0 Å². The van der Waals surface area contributed by atoms with Gasteiger partial charge in [0.05, 0.1) is 4.92 Å². The fourth-order valence-electron chi connectivity index (χ4n) is 2.76. The summed E-state index contributed by atoms with van der Waals surface area (Å²) in [6.45, 7) is 5.18. The van der Waals surface area contributed by atoms with Crippen molar-refractivity contribution in [3.63, 3.8) is 0 Å². The maximum absolute atomic E-state index is 10.9. The van der Waals surface area contributed by atoms with E-state index in [1.54, 1.807) is 12.1 Å². The molecule has 1 saturated heterocycles. The monoisotopic (exact) mass is 282 g/mol. The van der Waals surface area contributed by atoms with Crippen molar-refractivity contribution in [2.75, 3.05) is 13.1 Å². The van der Waals surface area contributed by atoms with Crippen molar-refractivity contribution in [3.05, 3.63) is 38.9 Å². The summed E-state index contributed by atoms with van der Waals surface area (Å²) < 4.78 is 0. The van der Waals surface area contributed by atoms with Gasteiger partial charge in [-0.05, 0) is 36.9 Å². The summed E-state index contributed by atoms with van der Waals surface area (Å²) >= 11 is 5.82. The molecule has 0 saturated carbocycles. The highest BCUT2D eigenvalue weighted by Gasteiger charge is 2.22. The first-order valence-corrected chi connectivity index (χ1v) is 7.13. The Morgan fingerprint density at radius 3 is 3.00 bits per heavy atom. The maximum atomic E-state index is 10.9. The van der Waals surface area contributed by atoms with Crippen LogP contribution >= 0.6 is 11.6 Å². The van der Waals surface area contributed by atoms with Gasteiger partial charge in [0, 0.05) is 19.2 Å². The molecule has 104 valence electrons. The van der Waals surface area contributed by atoms with Crippen LogP contribution in [0.15, 0.2) is 18.2 Å². The average molecular weight is 283 g/mol. The van der Waals surface area contributed by atoms with Crippen molar-refractivity contribution in [1.82, 2.24) is 4.90 Å². The topological polar surface area (TPSA) is 46.4 Å². The van der Waals surface area contributed by atoms with Crippen LogP contribution in [0, 0.1) is 16.0 Å². The van der Waals surface area contributed by atoms with Gasteiger partial charge >= 0.3 is 0 Å². The molecule has 1 aliphatic heterocycles. The lowest BCUT2D eigenvalue weighted by Gasteiger charge is -2.16. The number of halogens is 1. The predicted octanol–water partition coefficient (Wildman–Crippen LogP) is 3.87. The van der Waals surface area contributed by atoms with E-state index >= 15 is 0 Å². The van der Waals surface area contributed by atoms with Crippen LogP contribution in [0.25, 0.3) is 0 Å². The molecule has 4 nitrogen and oxygen atoms in total. The van der Waals surface area contributed by atoms with E-state index in [4.69, 9.17) is 11.6 Å². The minimum absolute atomic E-state index is 0.00321. The minimum atomic E-state index is -0.421. The summed E-state index contributed by atoms with van der Waals surface area (Å²) in [6.07, 6.45) is 3.74. The molecule has 0 bridgehead atoms. The second kappa shape index (κ2) is 6.35. The first-order chi connectivity index (χ1) is 9.10. The Labute approximate surface area is 118 Å². The van der Waals surface area contributed by atoms with Gasteiger partial charge in [0.15, 0.2) is 0 Å². The summed E-state index contributed by atoms with van der Waals surface area (Å²) in [6, 6.07) is 5.09. The molecule has 19 heavy (non-hydrogen) atoms. The predicted molar refractivity (Wildman–Crippen MR) is 76.4 cm³/mol. The van der Waals surface area contributed by atoms with Gasteiger partial charge in [0.1, 0.15) is 5.02 Å². The molecule has 1 aromatic rings. The van der Waals surface area contributed by atoms with Crippen LogP contribution in [0.4, 0.5) is 5.69 Å². The number of benzene rings is 1. The highest BCUT2D eigenvalue weighted by atomic mass is 35.5. The van der Waals surface area contributed by atoms with E-state index in [1.165, 1.54) is 19.3 Å². The Hall–Kier alpha value is -1.13. The van der Waals surface area contributed by atoms with Gasteiger partial charge in [0.25, 0.3) is 5.69 Å². The zero-order valence-corrected chi connectivity index (χ0v) is 11.9. The van der Waals surface area contributed by atoms with Gasteiger partial charge < -0.3 is 0 Å². The van der Waals surface area contributed by atoms with Crippen molar-refractivity contribution in [1.29, 1.82) is 0 Å². The van der Waals surface area contributed by atoms with E-state index in [1.807, 2.05) is 6.07 Å². The zero-order chi connectivity index (χ0) is 13.8. The van der Waals surface area contributed by atoms with Gasteiger partial charge in [-0.25, -0.2) is 0 Å². The average Bonchev–Trinajstić information content (AvgIpc) is 2.79. The Bertz CT molecular complexity index is 465. The quantitative estimate of drug-likeness (QED) is 0.608. The van der Waals surface area contributed by atoms with Gasteiger partial charge in [-0.1, -0.05) is 31.0 Å². The van der Waals surface area contributed by atoms with Crippen LogP contribution in [0.5, 0.6) is 0 Å². The van der Waals surface area contributed by atoms with Gasteiger partial charge in [-0.2, -0.15) is 0 Å². The lowest BCUT2D eigenvalue weighted by atomic mass is 10.0. The fourth-order valence-corrected chi connectivity index (χ4v) is 2.94. The molecule has 0 aromatic heterocycles. The number of hydrogen-bond donors (Lipinski definition) is 0. The standard InChI is InChI=1S/C14H19ClN2O2/c1-2-3-11-6-7-16(9-11)10-12-4-5-13(15)14(8-12)17(18)19/h4-5,8,11H,2-3,6-7,9-10H2,1H3. The van der Waals surface area contributed by atoms with E-state index < -0.39 is 4.92 Å². The van der Waals surface area contributed by atoms with Crippen LogP contribution in [-0.2, 0) is 6.54 Å². The molecule has 0 spiro atoms. The lowest BCUT2D eigenvalue weighted by Crippen LogP contribution is -2.20. The molecule has 5 heteroatoms. The van der Waals surface area contributed by atoms with Crippen LogP contribution in [0.3, 0.4) is 0 Å². The third-order valence-electron chi connectivity index (χ3n) is 3.68. The van der Waals surface area contributed by atoms with Crippen molar-refractivity contribution in [2.45, 2.75) is 32.7 Å². The third kappa shape index (κ3) is 3.67. The molecule has 2 rings (SSSR count). The number of nitrogens with zero attached hydrogens (tertiary/aromatic N) is 2. The van der Waals surface area contributed by atoms with Crippen LogP contribution in [-0.4, -0.2) is 22.9 Å². The molecule has 0 N–H and O–H groups in total. The molecule has 1 unspecified atom stereocenters. The van der Waals surface area contributed by atoms with E-state index in [-0.39, 0.29) is 10.7 Å². The van der Waals surface area contributed by atoms with E-state index in [2.05, 4.69) is 11.8 Å². The summed E-state index contributed by atoms with van der Waals surface area (Å²) in [5, 5.41) is 11.1. The number of nitro groups is 1. The lowest BCUT2D eigenvalue weighted by molar-refractivity contribution is -0.384. The molecule has 1 heterocycles. The van der Waals surface area contributed by atoms with Crippen LogP contribution in [0.2, 0.25) is 5.02 Å². The Morgan fingerprint density at radius 2 is 2.32 bits per heavy atom. The van der Waals surface area contributed by atoms with Gasteiger partial charge in [0.2, 0.25) is 0 Å². The van der Waals surface area contributed by atoms with Crippen molar-refractivity contribution >= 4 is 17.3 Å². The summed E-state index contributed by atoms with van der Waals surface area (Å²) in [7, 11) is 0. The number of likely N-dealkylation sites (tertiary alicyclic amines) is 1. The first-order valence-electron chi connectivity index (χ1n) is 6.75. The largest absolute Gasteiger partial charge is 0.299 e. The number of hydrogen-bond acceptors (Lipinski definition) is 3. The molecule has 1 aromatic carbocycles. The highest BCUT2D eigenvalue weighted by Crippen LogP contribution is 2.27. The second-order valence-electron chi connectivity index (χ2n) is 5.22. The maximum Gasteiger partial charge on any atom is 0.288 e. The highest BCUT2D eigenvalue weighted by molar-refractivity contribution is 6.32. The van der Waals surface area contributed by atoms with Crippen LogP contribution in [0.1, 0.15) is 31.7 Å². The molecule has 0 radical (unpaired) electrons. The molecule has 0 amide bonds. The Kier molecular flexibility index (Phi) is 4.77. The van der Waals surface area contributed by atoms with Gasteiger partial charge in [-0.15, -0.1) is 0 Å². The number of rotatable bonds is 5. The Morgan fingerprint density at radius 1 is 1.53 bits per heavy atom. The fraction of sp³-hybridized carbons (Fsp3) is 0.571. The summed E-state index contributed by atoms with van der Waals surface area (Å²) in [4.78, 5) is 12.8. The number of nitro benzene ring substituents is 1. The van der Waals surface area contributed by atoms with E-state index in [0.717, 1.165) is 31.1 Å². The van der Waals surface area contributed by atoms with Crippen molar-refractivity contribution in [3.8, 4) is 0 Å². The Balaban J connectivity index is 2.00. The SMILES string of the molecule is CCCC1CCN(Cc2ccc(Cl)c([N+](=O)[O-])c2)C1. The summed E-state index contributed by atoms with van der Waals surface area (Å²) in [5.41, 5.74) is 0.969. The van der Waals surface area contributed by atoms with Gasteiger partial charge in [-0.3, -0.25) is 15.0 Å². The summed E-state index contributed by atoms with van der Waals surface area (Å²) in [5.74, 6) is 0.785. The molecule has 0 aliphatic carbocycles. The first kappa shape index (κ1) is 14.3. The molecule has 1 atom stereocenters. The second-order valence-corrected chi connectivity index (χ2v) is 5.63.